The van der Waals surface area contributed by atoms with Gasteiger partial charge in [0.05, 0.1) is 12.3 Å². The number of ether oxygens (including phenoxy) is 1. The van der Waals surface area contributed by atoms with Crippen LogP contribution < -0.4 is 15.0 Å². The Morgan fingerprint density at radius 3 is 2.75 bits per heavy atom. The lowest BCUT2D eigenvalue weighted by atomic mass is 9.97. The third kappa shape index (κ3) is 4.39. The van der Waals surface area contributed by atoms with Crippen LogP contribution in [0.4, 0.5) is 11.6 Å². The lowest BCUT2D eigenvalue weighted by molar-refractivity contribution is 0.312. The van der Waals surface area contributed by atoms with Crippen molar-refractivity contribution in [3.63, 3.8) is 0 Å². The number of likely N-dealkylation sites (N-methyl/N-ethyl adjacent to an activating group) is 1. The quantitative estimate of drug-likeness (QED) is 0.643. The SMILES string of the molecule is C[C@H](CNc1cc(-c2ccc(N3CCN(C)CC3)nc2)ncn1)c1cccc2c1OCC2. The number of pyridine rings is 1. The van der Waals surface area contributed by atoms with Crippen LogP contribution in [0.3, 0.4) is 0 Å². The maximum Gasteiger partial charge on any atom is 0.129 e. The average Bonchev–Trinajstić information content (AvgIpc) is 3.32. The number of anilines is 2. The van der Waals surface area contributed by atoms with Gasteiger partial charge in [0.2, 0.25) is 0 Å². The second-order valence-electron chi connectivity index (χ2n) is 8.70. The predicted molar refractivity (Wildman–Crippen MR) is 128 cm³/mol. The molecule has 0 amide bonds. The molecule has 2 aromatic heterocycles. The molecule has 0 unspecified atom stereocenters. The summed E-state index contributed by atoms with van der Waals surface area (Å²) in [4.78, 5) is 18.3. The molecule has 2 aliphatic rings. The Bertz CT molecular complexity index is 1060. The number of hydrogen-bond donors (Lipinski definition) is 1. The molecule has 0 aliphatic carbocycles. The Labute approximate surface area is 189 Å². The molecule has 7 heteroatoms. The molecular formula is C25H30N6O. The summed E-state index contributed by atoms with van der Waals surface area (Å²) in [6.07, 6.45) is 4.52. The van der Waals surface area contributed by atoms with E-state index in [2.05, 4.69) is 69.4 Å². The third-order valence-corrected chi connectivity index (χ3v) is 6.40. The van der Waals surface area contributed by atoms with E-state index in [1.807, 2.05) is 12.3 Å². The van der Waals surface area contributed by atoms with Crippen LogP contribution in [0, 0.1) is 0 Å². The van der Waals surface area contributed by atoms with Crippen molar-refractivity contribution in [3.8, 4) is 17.0 Å². The van der Waals surface area contributed by atoms with E-state index in [1.165, 1.54) is 11.1 Å². The van der Waals surface area contributed by atoms with Crippen molar-refractivity contribution in [2.75, 3.05) is 56.6 Å². The summed E-state index contributed by atoms with van der Waals surface area (Å²) in [5, 5.41) is 3.47. The Morgan fingerprint density at radius 1 is 1.06 bits per heavy atom. The molecule has 5 rings (SSSR count). The normalized spacial score (nSPS) is 17.0. The summed E-state index contributed by atoms with van der Waals surface area (Å²) < 4.78 is 5.87. The molecular weight excluding hydrogens is 400 g/mol. The molecule has 0 saturated carbocycles. The number of rotatable bonds is 6. The molecule has 0 bridgehead atoms. The van der Waals surface area contributed by atoms with E-state index in [9.17, 15) is 0 Å². The molecule has 1 fully saturated rings. The van der Waals surface area contributed by atoms with Crippen LogP contribution in [-0.4, -0.2) is 66.2 Å². The van der Waals surface area contributed by atoms with Gasteiger partial charge in [0.1, 0.15) is 23.7 Å². The highest BCUT2D eigenvalue weighted by Crippen LogP contribution is 2.34. The van der Waals surface area contributed by atoms with Gasteiger partial charge >= 0.3 is 0 Å². The van der Waals surface area contributed by atoms with Crippen LogP contribution in [0.2, 0.25) is 0 Å². The number of nitrogens with zero attached hydrogens (tertiary/aromatic N) is 5. The summed E-state index contributed by atoms with van der Waals surface area (Å²) in [5.41, 5.74) is 4.43. The van der Waals surface area contributed by atoms with E-state index in [0.717, 1.165) is 74.4 Å². The molecule has 2 aliphatic heterocycles. The fourth-order valence-corrected chi connectivity index (χ4v) is 4.37. The van der Waals surface area contributed by atoms with Crippen molar-refractivity contribution in [1.29, 1.82) is 0 Å². The number of para-hydroxylation sites is 1. The largest absolute Gasteiger partial charge is 0.493 e. The van der Waals surface area contributed by atoms with E-state index >= 15 is 0 Å². The number of nitrogens with one attached hydrogen (secondary N) is 1. The van der Waals surface area contributed by atoms with Gasteiger partial charge in [-0.1, -0.05) is 25.1 Å². The van der Waals surface area contributed by atoms with Gasteiger partial charge in [-0.15, -0.1) is 0 Å². The lowest BCUT2D eigenvalue weighted by Gasteiger charge is -2.33. The zero-order valence-corrected chi connectivity index (χ0v) is 18.8. The smallest absolute Gasteiger partial charge is 0.129 e. The molecule has 0 radical (unpaired) electrons. The molecule has 166 valence electrons. The van der Waals surface area contributed by atoms with E-state index in [0.29, 0.717) is 5.92 Å². The van der Waals surface area contributed by atoms with Crippen molar-refractivity contribution < 1.29 is 4.74 Å². The monoisotopic (exact) mass is 430 g/mol. The maximum atomic E-state index is 5.87. The molecule has 0 spiro atoms. The van der Waals surface area contributed by atoms with Gasteiger partial charge in [-0.3, -0.25) is 0 Å². The highest BCUT2D eigenvalue weighted by atomic mass is 16.5. The van der Waals surface area contributed by atoms with Crippen molar-refractivity contribution in [1.82, 2.24) is 19.9 Å². The Hall–Kier alpha value is -3.19. The average molecular weight is 431 g/mol. The molecule has 7 nitrogen and oxygen atoms in total. The second kappa shape index (κ2) is 9.12. The van der Waals surface area contributed by atoms with Gasteiger partial charge in [-0.2, -0.15) is 0 Å². The summed E-state index contributed by atoms with van der Waals surface area (Å²) in [5.74, 6) is 3.22. The van der Waals surface area contributed by atoms with Crippen molar-refractivity contribution in [2.24, 2.45) is 0 Å². The van der Waals surface area contributed by atoms with Gasteiger partial charge in [-0.05, 0) is 30.3 Å². The zero-order chi connectivity index (χ0) is 21.9. The standard InChI is InChI=1S/C25H30N6O/c1-18(21-5-3-4-19-8-13-32-25(19)21)15-26-23-14-22(28-17-29-23)20-6-7-24(27-16-20)31-11-9-30(2)10-12-31/h3-7,14,16-18H,8-13,15H2,1-2H3,(H,26,28,29)/t18-/m1/s1. The predicted octanol–water partition coefficient (Wildman–Crippen LogP) is 3.44. The van der Waals surface area contributed by atoms with Crippen molar-refractivity contribution in [3.05, 3.63) is 60.0 Å². The van der Waals surface area contributed by atoms with Crippen LogP contribution >= 0.6 is 0 Å². The van der Waals surface area contributed by atoms with Gasteiger partial charge < -0.3 is 19.9 Å². The van der Waals surface area contributed by atoms with Crippen molar-refractivity contribution >= 4 is 11.6 Å². The number of fused-ring (bicyclic) bond motifs is 1. The van der Waals surface area contributed by atoms with Crippen molar-refractivity contribution in [2.45, 2.75) is 19.3 Å². The number of benzene rings is 1. The first kappa shape index (κ1) is 20.7. The fraction of sp³-hybridized carbons (Fsp3) is 0.400. The van der Waals surface area contributed by atoms with E-state index < -0.39 is 0 Å². The topological polar surface area (TPSA) is 66.4 Å². The fourth-order valence-electron chi connectivity index (χ4n) is 4.37. The Morgan fingerprint density at radius 2 is 1.94 bits per heavy atom. The first-order valence-electron chi connectivity index (χ1n) is 11.4. The first-order chi connectivity index (χ1) is 15.7. The zero-order valence-electron chi connectivity index (χ0n) is 18.8. The molecule has 1 atom stereocenters. The van der Waals surface area contributed by atoms with Crippen LogP contribution in [-0.2, 0) is 6.42 Å². The number of piperazine rings is 1. The summed E-state index contributed by atoms with van der Waals surface area (Å²) in [7, 11) is 2.16. The minimum absolute atomic E-state index is 0.311. The third-order valence-electron chi connectivity index (χ3n) is 6.40. The van der Waals surface area contributed by atoms with Gasteiger partial charge in [0.15, 0.2) is 0 Å². The van der Waals surface area contributed by atoms with E-state index in [4.69, 9.17) is 9.72 Å². The second-order valence-corrected chi connectivity index (χ2v) is 8.70. The van der Waals surface area contributed by atoms with E-state index in [-0.39, 0.29) is 0 Å². The lowest BCUT2D eigenvalue weighted by Crippen LogP contribution is -2.44. The number of aromatic nitrogens is 3. The van der Waals surface area contributed by atoms with Gasteiger partial charge in [0, 0.05) is 62.9 Å². The number of hydrogen-bond acceptors (Lipinski definition) is 7. The Kier molecular flexibility index (Phi) is 5.90. The molecule has 1 saturated heterocycles. The highest BCUT2D eigenvalue weighted by Gasteiger charge is 2.20. The summed E-state index contributed by atoms with van der Waals surface area (Å²) in [6.45, 7) is 7.94. The van der Waals surface area contributed by atoms with Crippen LogP contribution in [0.1, 0.15) is 24.0 Å². The molecule has 1 N–H and O–H groups in total. The summed E-state index contributed by atoms with van der Waals surface area (Å²) >= 11 is 0. The highest BCUT2D eigenvalue weighted by molar-refractivity contribution is 5.63. The van der Waals surface area contributed by atoms with E-state index in [1.54, 1.807) is 6.33 Å². The molecule has 4 heterocycles. The first-order valence-corrected chi connectivity index (χ1v) is 11.4. The maximum absolute atomic E-state index is 5.87. The van der Waals surface area contributed by atoms with Gasteiger partial charge in [-0.25, -0.2) is 15.0 Å². The Balaban J connectivity index is 1.24. The minimum Gasteiger partial charge on any atom is -0.493 e. The minimum atomic E-state index is 0.311. The van der Waals surface area contributed by atoms with Crippen LogP contribution in [0.15, 0.2) is 48.9 Å². The molecule has 1 aromatic carbocycles. The molecule has 3 aromatic rings. The van der Waals surface area contributed by atoms with Gasteiger partial charge in [0.25, 0.3) is 0 Å². The van der Waals surface area contributed by atoms with Crippen LogP contribution in [0.25, 0.3) is 11.3 Å². The van der Waals surface area contributed by atoms with Crippen LogP contribution in [0.5, 0.6) is 5.75 Å². The molecule has 32 heavy (non-hydrogen) atoms. The summed E-state index contributed by atoms with van der Waals surface area (Å²) in [6, 6.07) is 12.6.